The van der Waals surface area contributed by atoms with Gasteiger partial charge in [-0.05, 0) is 43.7 Å². The van der Waals surface area contributed by atoms with Crippen LogP contribution in [0, 0.1) is 6.92 Å². The van der Waals surface area contributed by atoms with Crippen LogP contribution in [-0.4, -0.2) is 57.7 Å². The lowest BCUT2D eigenvalue weighted by Gasteiger charge is -2.13. The average Bonchev–Trinajstić information content (AvgIpc) is 3.27. The number of carbonyl (C=O) groups excluding carboxylic acids is 2. The smallest absolute Gasteiger partial charge is 0.358 e. The Balaban J connectivity index is 1.82. The minimum atomic E-state index is -0.610. The van der Waals surface area contributed by atoms with Crippen molar-refractivity contribution in [2.24, 2.45) is 0 Å². The van der Waals surface area contributed by atoms with Crippen LogP contribution >= 0.6 is 0 Å². The fraction of sp³-hybridized carbons (Fsp3) is 0.217. The highest BCUT2D eigenvalue weighted by atomic mass is 16.5. The van der Waals surface area contributed by atoms with Crippen molar-refractivity contribution in [1.82, 2.24) is 25.0 Å². The molecule has 0 radical (unpaired) electrons. The van der Waals surface area contributed by atoms with E-state index >= 15 is 0 Å². The summed E-state index contributed by atoms with van der Waals surface area (Å²) in [5.41, 5.74) is 1.83. The molecule has 1 aromatic carbocycles. The molecule has 0 aliphatic rings. The predicted molar refractivity (Wildman–Crippen MR) is 123 cm³/mol. The van der Waals surface area contributed by atoms with Gasteiger partial charge in [-0.25, -0.2) is 14.6 Å². The number of anilines is 2. The standard InChI is InChI=1S/C23H22N6O5/c1-5-34-22(30)15-12-24-29(21(15)25-18-10-9-16(27-28-18)23(31)33-4)19-11-13(2)14-7-6-8-17(32-3)20(14)26-19/h6-12H,5H2,1-4H3,(H,25,28). The molecule has 1 N–H and O–H groups in total. The van der Waals surface area contributed by atoms with Crippen LogP contribution in [0.4, 0.5) is 11.6 Å². The summed E-state index contributed by atoms with van der Waals surface area (Å²) in [6, 6.07) is 10.5. The number of methoxy groups -OCH3 is 2. The number of hydrogen-bond donors (Lipinski definition) is 1. The normalized spacial score (nSPS) is 10.7. The first-order valence-corrected chi connectivity index (χ1v) is 10.4. The molecule has 0 amide bonds. The zero-order valence-electron chi connectivity index (χ0n) is 19.0. The Hall–Kier alpha value is -4.54. The number of rotatable bonds is 7. The summed E-state index contributed by atoms with van der Waals surface area (Å²) in [5.74, 6) is 0.437. The van der Waals surface area contributed by atoms with Gasteiger partial charge in [0.2, 0.25) is 0 Å². The molecule has 3 aromatic heterocycles. The van der Waals surface area contributed by atoms with E-state index in [2.05, 4.69) is 25.3 Å². The second kappa shape index (κ2) is 9.53. The number of para-hydroxylation sites is 1. The highest BCUT2D eigenvalue weighted by Gasteiger charge is 2.22. The first-order chi connectivity index (χ1) is 16.5. The van der Waals surface area contributed by atoms with Crippen molar-refractivity contribution in [1.29, 1.82) is 0 Å². The van der Waals surface area contributed by atoms with E-state index in [0.717, 1.165) is 10.9 Å². The van der Waals surface area contributed by atoms with Crippen LogP contribution in [0.5, 0.6) is 5.75 Å². The molecule has 11 heteroatoms. The monoisotopic (exact) mass is 462 g/mol. The number of ether oxygens (including phenoxy) is 3. The number of nitrogens with one attached hydrogen (secondary N) is 1. The first-order valence-electron chi connectivity index (χ1n) is 10.4. The molecule has 0 atom stereocenters. The van der Waals surface area contributed by atoms with E-state index in [1.165, 1.54) is 30.1 Å². The van der Waals surface area contributed by atoms with Gasteiger partial charge in [0.25, 0.3) is 0 Å². The quantitative estimate of drug-likeness (QED) is 0.408. The highest BCUT2D eigenvalue weighted by molar-refractivity contribution is 5.96. The van der Waals surface area contributed by atoms with Gasteiger partial charge < -0.3 is 19.5 Å². The second-order valence-corrected chi connectivity index (χ2v) is 7.11. The molecule has 0 unspecified atom stereocenters. The summed E-state index contributed by atoms with van der Waals surface area (Å²) in [4.78, 5) is 29.0. The molecule has 0 aliphatic carbocycles. The molecular weight excluding hydrogens is 440 g/mol. The Morgan fingerprint density at radius 3 is 2.59 bits per heavy atom. The van der Waals surface area contributed by atoms with Crippen molar-refractivity contribution < 1.29 is 23.8 Å². The van der Waals surface area contributed by atoms with Crippen molar-refractivity contribution in [3.8, 4) is 11.6 Å². The van der Waals surface area contributed by atoms with Crippen LogP contribution in [-0.2, 0) is 9.47 Å². The average molecular weight is 462 g/mol. The first kappa shape index (κ1) is 22.6. The van der Waals surface area contributed by atoms with Gasteiger partial charge >= 0.3 is 11.9 Å². The van der Waals surface area contributed by atoms with Crippen LogP contribution in [0.25, 0.3) is 16.7 Å². The summed E-state index contributed by atoms with van der Waals surface area (Å²) in [5, 5.41) is 16.2. The van der Waals surface area contributed by atoms with Gasteiger partial charge in [-0.15, -0.1) is 10.2 Å². The third kappa shape index (κ3) is 4.22. The number of fused-ring (bicyclic) bond motifs is 1. The Bertz CT molecular complexity index is 1370. The van der Waals surface area contributed by atoms with Crippen molar-refractivity contribution in [3.05, 3.63) is 59.4 Å². The van der Waals surface area contributed by atoms with Gasteiger partial charge in [0.1, 0.15) is 16.8 Å². The van der Waals surface area contributed by atoms with Gasteiger partial charge in [0.05, 0.1) is 27.0 Å². The van der Waals surface area contributed by atoms with E-state index in [-0.39, 0.29) is 29.5 Å². The van der Waals surface area contributed by atoms with Crippen molar-refractivity contribution in [2.75, 3.05) is 26.1 Å². The minimum Gasteiger partial charge on any atom is -0.494 e. The van der Waals surface area contributed by atoms with E-state index in [1.807, 2.05) is 31.2 Å². The lowest BCUT2D eigenvalue weighted by molar-refractivity contribution is 0.0526. The Kier molecular flexibility index (Phi) is 6.35. The number of carbonyl (C=O) groups is 2. The maximum absolute atomic E-state index is 12.6. The third-order valence-corrected chi connectivity index (χ3v) is 5.00. The number of benzene rings is 1. The molecule has 174 valence electrons. The van der Waals surface area contributed by atoms with Gasteiger partial charge in [-0.1, -0.05) is 12.1 Å². The fourth-order valence-electron chi connectivity index (χ4n) is 3.38. The lowest BCUT2D eigenvalue weighted by Crippen LogP contribution is -2.12. The largest absolute Gasteiger partial charge is 0.494 e. The summed E-state index contributed by atoms with van der Waals surface area (Å²) in [7, 11) is 2.84. The molecule has 4 aromatic rings. The molecule has 0 saturated heterocycles. The second-order valence-electron chi connectivity index (χ2n) is 7.11. The molecule has 0 fully saturated rings. The molecule has 0 spiro atoms. The lowest BCUT2D eigenvalue weighted by atomic mass is 10.1. The molecule has 0 aliphatic heterocycles. The summed E-state index contributed by atoms with van der Waals surface area (Å²) in [6.07, 6.45) is 1.39. The van der Waals surface area contributed by atoms with Crippen LogP contribution < -0.4 is 10.1 Å². The van der Waals surface area contributed by atoms with Gasteiger partial charge in [0.15, 0.2) is 23.1 Å². The maximum atomic E-state index is 12.6. The summed E-state index contributed by atoms with van der Waals surface area (Å²) < 4.78 is 16.8. The van der Waals surface area contributed by atoms with E-state index in [4.69, 9.17) is 14.5 Å². The maximum Gasteiger partial charge on any atom is 0.358 e. The molecule has 0 bridgehead atoms. The SMILES string of the molecule is CCOC(=O)c1cnn(-c2cc(C)c3cccc(OC)c3n2)c1Nc1ccc(C(=O)OC)nn1. The van der Waals surface area contributed by atoms with Crippen molar-refractivity contribution in [2.45, 2.75) is 13.8 Å². The van der Waals surface area contributed by atoms with E-state index in [0.29, 0.717) is 17.1 Å². The van der Waals surface area contributed by atoms with E-state index in [1.54, 1.807) is 14.0 Å². The number of nitrogens with zero attached hydrogens (tertiary/aromatic N) is 5. The van der Waals surface area contributed by atoms with Crippen LogP contribution in [0.3, 0.4) is 0 Å². The fourth-order valence-corrected chi connectivity index (χ4v) is 3.38. The molecule has 3 heterocycles. The van der Waals surface area contributed by atoms with Crippen molar-refractivity contribution >= 4 is 34.5 Å². The zero-order chi connectivity index (χ0) is 24.2. The number of aryl methyl sites for hydroxylation is 1. The third-order valence-electron chi connectivity index (χ3n) is 5.00. The predicted octanol–water partition coefficient (Wildman–Crippen LogP) is 3.23. The van der Waals surface area contributed by atoms with Gasteiger partial charge in [-0.2, -0.15) is 9.78 Å². The van der Waals surface area contributed by atoms with Gasteiger partial charge in [0, 0.05) is 5.39 Å². The molecular formula is C23H22N6O5. The van der Waals surface area contributed by atoms with E-state index in [9.17, 15) is 9.59 Å². The highest BCUT2D eigenvalue weighted by Crippen LogP contribution is 2.30. The van der Waals surface area contributed by atoms with Crippen LogP contribution in [0.2, 0.25) is 0 Å². The number of aromatic nitrogens is 5. The zero-order valence-corrected chi connectivity index (χ0v) is 19.0. The molecule has 11 nitrogen and oxygen atoms in total. The van der Waals surface area contributed by atoms with Gasteiger partial charge in [-0.3, -0.25) is 0 Å². The molecule has 4 rings (SSSR count). The van der Waals surface area contributed by atoms with Crippen molar-refractivity contribution in [3.63, 3.8) is 0 Å². The number of esters is 2. The molecule has 34 heavy (non-hydrogen) atoms. The topological polar surface area (TPSA) is 130 Å². The molecule has 0 saturated carbocycles. The minimum absolute atomic E-state index is 0.0473. The summed E-state index contributed by atoms with van der Waals surface area (Å²) in [6.45, 7) is 3.86. The Morgan fingerprint density at radius 1 is 1.09 bits per heavy atom. The Labute approximate surface area is 194 Å². The van der Waals surface area contributed by atoms with E-state index < -0.39 is 11.9 Å². The van der Waals surface area contributed by atoms with Crippen LogP contribution in [0.15, 0.2) is 42.6 Å². The number of pyridine rings is 1. The van der Waals surface area contributed by atoms with Crippen LogP contribution in [0.1, 0.15) is 33.3 Å². The Morgan fingerprint density at radius 2 is 1.91 bits per heavy atom. The number of hydrogen-bond acceptors (Lipinski definition) is 10. The summed E-state index contributed by atoms with van der Waals surface area (Å²) >= 11 is 0.